The zero-order chi connectivity index (χ0) is 29.0. The number of nitrogens with one attached hydrogen (secondary N) is 2. The molecule has 5 heterocycles. The molecule has 0 aromatic carbocycles. The molecule has 0 bridgehead atoms. The standard InChI is InChI=1S/C24H26F4N8OS.C2H6/c1-3-4-18-21(35-12-14(2)9-31-23(35)32-18)22(37)30-11-15-7-17(25)20(29-10-15)19-8-16-13-34(38-24(26,27)28)5-6-36(16)33-19;1-2/h7-10,12,19,33H,3-6,11,13H2,1-2H3,(H,30,37);1-2H3. The maximum Gasteiger partial charge on any atom is 0.456 e. The summed E-state index contributed by atoms with van der Waals surface area (Å²) in [5, 5.41) is 4.55. The van der Waals surface area contributed by atoms with Crippen LogP contribution in [0.3, 0.4) is 0 Å². The van der Waals surface area contributed by atoms with Crippen LogP contribution in [0.25, 0.3) is 5.78 Å². The molecular formula is C26H32F4N8OS. The second-order valence-electron chi connectivity index (χ2n) is 9.17. The van der Waals surface area contributed by atoms with Gasteiger partial charge in [0.2, 0.25) is 5.78 Å². The lowest BCUT2D eigenvalue weighted by Crippen LogP contribution is -2.46. The number of aryl methyl sites for hydroxylation is 2. The van der Waals surface area contributed by atoms with Gasteiger partial charge in [0.05, 0.1) is 24.0 Å². The van der Waals surface area contributed by atoms with Gasteiger partial charge in [-0.15, -0.1) is 0 Å². The van der Waals surface area contributed by atoms with Crippen molar-refractivity contribution in [3.8, 4) is 0 Å². The summed E-state index contributed by atoms with van der Waals surface area (Å²) < 4.78 is 56.1. The predicted octanol–water partition coefficient (Wildman–Crippen LogP) is 4.71. The van der Waals surface area contributed by atoms with Gasteiger partial charge in [0, 0.05) is 55.9 Å². The number of carbonyl (C=O) groups excluding carboxylic acids is 1. The normalized spacial score (nSPS) is 17.4. The Morgan fingerprint density at radius 3 is 2.70 bits per heavy atom. The number of nitrogens with zero attached hydrogens (tertiary/aromatic N) is 6. The SMILES string of the molecule is CC.CCCc1nc2ncc(C)cn2c1C(=O)NCc1cnc(C2C=C3CN(SC(F)(F)F)CCN3N2)c(F)c1. The van der Waals surface area contributed by atoms with Gasteiger partial charge in [0.15, 0.2) is 0 Å². The third-order valence-electron chi connectivity index (χ3n) is 6.20. The van der Waals surface area contributed by atoms with Crippen molar-refractivity contribution in [3.63, 3.8) is 0 Å². The zero-order valence-corrected chi connectivity index (χ0v) is 23.5. The summed E-state index contributed by atoms with van der Waals surface area (Å²) in [6.45, 7) is 8.54. The van der Waals surface area contributed by atoms with Crippen LogP contribution in [0.4, 0.5) is 17.6 Å². The summed E-state index contributed by atoms with van der Waals surface area (Å²) in [6, 6.07) is 0.703. The third-order valence-corrected chi connectivity index (χ3v) is 6.98. The van der Waals surface area contributed by atoms with E-state index in [0.717, 1.165) is 12.0 Å². The summed E-state index contributed by atoms with van der Waals surface area (Å²) in [5.74, 6) is -0.483. The van der Waals surface area contributed by atoms with E-state index in [4.69, 9.17) is 0 Å². The average Bonchev–Trinajstić information content (AvgIpc) is 3.48. The molecule has 1 fully saturated rings. The number of hydrogen-bond acceptors (Lipinski definition) is 8. The summed E-state index contributed by atoms with van der Waals surface area (Å²) in [5.41, 5.74) is 1.90. The largest absolute Gasteiger partial charge is 0.456 e. The van der Waals surface area contributed by atoms with E-state index in [0.29, 0.717) is 41.4 Å². The molecule has 1 atom stereocenters. The molecule has 2 aliphatic heterocycles. The van der Waals surface area contributed by atoms with Crippen LogP contribution in [0.2, 0.25) is 0 Å². The fourth-order valence-electron chi connectivity index (χ4n) is 4.56. The lowest BCUT2D eigenvalue weighted by Gasteiger charge is -2.34. The number of piperazine rings is 1. The lowest BCUT2D eigenvalue weighted by molar-refractivity contribution is -0.0367. The number of hydrogen-bond donors (Lipinski definition) is 2. The Morgan fingerprint density at radius 1 is 1.23 bits per heavy atom. The Kier molecular flexibility index (Phi) is 9.31. The minimum atomic E-state index is -4.36. The molecule has 2 N–H and O–H groups in total. The van der Waals surface area contributed by atoms with Gasteiger partial charge in [-0.1, -0.05) is 27.2 Å². The molecule has 9 nitrogen and oxygen atoms in total. The van der Waals surface area contributed by atoms with E-state index in [2.05, 4.69) is 25.7 Å². The van der Waals surface area contributed by atoms with Crippen LogP contribution in [0.1, 0.15) is 66.2 Å². The number of rotatable bonds is 7. The summed E-state index contributed by atoms with van der Waals surface area (Å²) in [4.78, 5) is 26.1. The van der Waals surface area contributed by atoms with Crippen LogP contribution >= 0.6 is 11.9 Å². The first-order valence-electron chi connectivity index (χ1n) is 13.1. The van der Waals surface area contributed by atoms with Gasteiger partial charge in [-0.25, -0.2) is 24.1 Å². The number of amides is 1. The number of halogens is 4. The first kappa shape index (κ1) is 29.7. The molecular weight excluding hydrogens is 548 g/mol. The Hall–Kier alpha value is -3.23. The highest BCUT2D eigenvalue weighted by atomic mass is 32.2. The summed E-state index contributed by atoms with van der Waals surface area (Å²) in [6.07, 6.45) is 8.08. The number of hydrazine groups is 1. The molecule has 1 unspecified atom stereocenters. The molecule has 1 saturated heterocycles. The van der Waals surface area contributed by atoms with Gasteiger partial charge in [0.25, 0.3) is 5.91 Å². The fourth-order valence-corrected chi connectivity index (χ4v) is 5.22. The van der Waals surface area contributed by atoms with Crippen molar-refractivity contribution in [2.75, 3.05) is 19.6 Å². The highest BCUT2D eigenvalue weighted by molar-refractivity contribution is 7.97. The molecule has 1 amide bonds. The molecule has 14 heteroatoms. The Labute approximate surface area is 234 Å². The van der Waals surface area contributed by atoms with Gasteiger partial charge < -0.3 is 10.3 Å². The fraction of sp³-hybridized carbons (Fsp3) is 0.462. The van der Waals surface area contributed by atoms with Crippen molar-refractivity contribution < 1.29 is 22.4 Å². The minimum absolute atomic E-state index is 0.0516. The number of carbonyl (C=O) groups is 1. The number of pyridine rings is 1. The molecule has 0 radical (unpaired) electrons. The van der Waals surface area contributed by atoms with Crippen LogP contribution in [-0.4, -0.2) is 59.7 Å². The van der Waals surface area contributed by atoms with E-state index in [1.165, 1.54) is 16.6 Å². The van der Waals surface area contributed by atoms with E-state index in [1.807, 2.05) is 27.7 Å². The van der Waals surface area contributed by atoms with Crippen LogP contribution in [0.15, 0.2) is 36.4 Å². The molecule has 216 valence electrons. The van der Waals surface area contributed by atoms with Crippen molar-refractivity contribution in [2.45, 2.75) is 58.6 Å². The Morgan fingerprint density at radius 2 is 2.00 bits per heavy atom. The molecule has 40 heavy (non-hydrogen) atoms. The van der Waals surface area contributed by atoms with Crippen LogP contribution < -0.4 is 10.7 Å². The molecule has 2 aliphatic rings. The highest BCUT2D eigenvalue weighted by Gasteiger charge is 2.37. The topological polar surface area (TPSA) is 90.7 Å². The van der Waals surface area contributed by atoms with E-state index < -0.39 is 17.4 Å². The Bertz CT molecular complexity index is 1390. The van der Waals surface area contributed by atoms with Crippen LogP contribution in [-0.2, 0) is 13.0 Å². The van der Waals surface area contributed by atoms with E-state index in [1.54, 1.807) is 27.9 Å². The zero-order valence-electron chi connectivity index (χ0n) is 22.7. The van der Waals surface area contributed by atoms with Gasteiger partial charge in [-0.05, 0) is 36.6 Å². The van der Waals surface area contributed by atoms with E-state index >= 15 is 4.39 Å². The maximum absolute atomic E-state index is 15.0. The van der Waals surface area contributed by atoms with Gasteiger partial charge in [0.1, 0.15) is 11.5 Å². The first-order valence-corrected chi connectivity index (χ1v) is 13.9. The smallest absolute Gasteiger partial charge is 0.347 e. The number of aromatic nitrogens is 4. The van der Waals surface area contributed by atoms with Gasteiger partial charge >= 0.3 is 5.51 Å². The van der Waals surface area contributed by atoms with Gasteiger partial charge in [-0.3, -0.25) is 14.2 Å². The van der Waals surface area contributed by atoms with Crippen LogP contribution in [0.5, 0.6) is 0 Å². The molecule has 5 rings (SSSR count). The molecule has 3 aromatic rings. The average molecular weight is 581 g/mol. The predicted molar refractivity (Wildman–Crippen MR) is 144 cm³/mol. The second kappa shape index (κ2) is 12.5. The minimum Gasteiger partial charge on any atom is -0.347 e. The molecule has 0 aliphatic carbocycles. The van der Waals surface area contributed by atoms with Crippen molar-refractivity contribution in [3.05, 3.63) is 70.5 Å². The van der Waals surface area contributed by atoms with Crippen molar-refractivity contribution in [1.82, 2.24) is 39.4 Å². The quantitative estimate of drug-likeness (QED) is 0.307. The maximum atomic E-state index is 15.0. The van der Waals surface area contributed by atoms with Crippen molar-refractivity contribution in [1.29, 1.82) is 0 Å². The third kappa shape index (κ3) is 6.73. The molecule has 0 spiro atoms. The lowest BCUT2D eigenvalue weighted by atomic mass is 10.1. The number of alkyl halides is 3. The van der Waals surface area contributed by atoms with E-state index in [9.17, 15) is 18.0 Å². The summed E-state index contributed by atoms with van der Waals surface area (Å²) in [7, 11) is 0. The second-order valence-corrected chi connectivity index (χ2v) is 10.3. The summed E-state index contributed by atoms with van der Waals surface area (Å²) >= 11 is -0.155. The molecule has 0 saturated carbocycles. The van der Waals surface area contributed by atoms with Gasteiger partial charge in [-0.2, -0.15) is 13.2 Å². The Balaban J connectivity index is 0.00000181. The highest BCUT2D eigenvalue weighted by Crippen LogP contribution is 2.36. The van der Waals surface area contributed by atoms with Crippen LogP contribution in [0, 0.1) is 12.7 Å². The monoisotopic (exact) mass is 580 g/mol. The van der Waals surface area contributed by atoms with Crippen molar-refractivity contribution >= 4 is 23.6 Å². The molecule has 3 aromatic heterocycles. The van der Waals surface area contributed by atoms with Crippen molar-refractivity contribution in [2.24, 2.45) is 0 Å². The number of imidazole rings is 1. The number of fused-ring (bicyclic) bond motifs is 2. The van der Waals surface area contributed by atoms with E-state index in [-0.39, 0.29) is 43.2 Å². The first-order chi connectivity index (χ1) is 19.1.